The van der Waals surface area contributed by atoms with Gasteiger partial charge in [0.1, 0.15) is 0 Å². The van der Waals surface area contributed by atoms with Crippen molar-refractivity contribution in [3.8, 4) is 5.69 Å². The number of hydrogen-bond donors (Lipinski definition) is 2. The van der Waals surface area contributed by atoms with Crippen LogP contribution in [0.2, 0.25) is 0 Å². The molecule has 0 saturated heterocycles. The Bertz CT molecular complexity index is 444. The Morgan fingerprint density at radius 3 is 2.59 bits per heavy atom. The molecule has 2 rings (SSSR count). The van der Waals surface area contributed by atoms with Gasteiger partial charge in [0.25, 0.3) is 0 Å². The van der Waals surface area contributed by atoms with Gasteiger partial charge in [0.15, 0.2) is 0 Å². The molecule has 5 heteroatoms. The predicted molar refractivity (Wildman–Crippen MR) is 69.6 cm³/mol. The highest BCUT2D eigenvalue weighted by Gasteiger charge is 2.08. The SMILES string of the molecule is Cl.NC(CO)Cc1ccnn1-c1ccccc1. The molecule has 0 fully saturated rings. The number of para-hydroxylation sites is 1. The molecule has 0 aliphatic heterocycles. The second-order valence-corrected chi connectivity index (χ2v) is 3.72. The van der Waals surface area contributed by atoms with Crippen LogP contribution in [0.15, 0.2) is 42.6 Å². The summed E-state index contributed by atoms with van der Waals surface area (Å²) in [7, 11) is 0. The maximum absolute atomic E-state index is 8.94. The Balaban J connectivity index is 0.00000144. The van der Waals surface area contributed by atoms with Crippen LogP contribution in [0, 0.1) is 0 Å². The van der Waals surface area contributed by atoms with Crippen LogP contribution in [0.1, 0.15) is 5.69 Å². The third-order valence-corrected chi connectivity index (χ3v) is 2.43. The number of nitrogens with two attached hydrogens (primary N) is 1. The fourth-order valence-corrected chi connectivity index (χ4v) is 1.62. The van der Waals surface area contributed by atoms with Crippen molar-refractivity contribution in [2.24, 2.45) is 5.73 Å². The molecule has 0 aliphatic carbocycles. The van der Waals surface area contributed by atoms with Crippen molar-refractivity contribution in [1.29, 1.82) is 0 Å². The van der Waals surface area contributed by atoms with E-state index in [0.29, 0.717) is 6.42 Å². The lowest BCUT2D eigenvalue weighted by Crippen LogP contribution is -2.27. The largest absolute Gasteiger partial charge is 0.395 e. The molecule has 3 N–H and O–H groups in total. The first-order chi connectivity index (χ1) is 7.81. The van der Waals surface area contributed by atoms with E-state index in [2.05, 4.69) is 5.10 Å². The van der Waals surface area contributed by atoms with Crippen molar-refractivity contribution < 1.29 is 5.11 Å². The minimum Gasteiger partial charge on any atom is -0.395 e. The van der Waals surface area contributed by atoms with Crippen molar-refractivity contribution in [3.05, 3.63) is 48.3 Å². The van der Waals surface area contributed by atoms with Crippen LogP contribution >= 0.6 is 12.4 Å². The van der Waals surface area contributed by atoms with E-state index in [4.69, 9.17) is 10.8 Å². The number of benzene rings is 1. The molecule has 17 heavy (non-hydrogen) atoms. The van der Waals surface area contributed by atoms with Crippen LogP contribution in [0.5, 0.6) is 0 Å². The monoisotopic (exact) mass is 253 g/mol. The van der Waals surface area contributed by atoms with Crippen molar-refractivity contribution in [2.45, 2.75) is 12.5 Å². The fourth-order valence-electron chi connectivity index (χ4n) is 1.62. The van der Waals surface area contributed by atoms with Gasteiger partial charge in [-0.25, -0.2) is 4.68 Å². The molecular weight excluding hydrogens is 238 g/mol. The highest BCUT2D eigenvalue weighted by atomic mass is 35.5. The summed E-state index contributed by atoms with van der Waals surface area (Å²) in [6.07, 6.45) is 2.36. The first-order valence-corrected chi connectivity index (χ1v) is 5.26. The van der Waals surface area contributed by atoms with Gasteiger partial charge in [-0.2, -0.15) is 5.10 Å². The Kier molecular flexibility index (Phi) is 5.15. The zero-order valence-corrected chi connectivity index (χ0v) is 10.2. The summed E-state index contributed by atoms with van der Waals surface area (Å²) < 4.78 is 1.84. The van der Waals surface area contributed by atoms with Gasteiger partial charge in [0, 0.05) is 24.4 Å². The van der Waals surface area contributed by atoms with Crippen LogP contribution in [-0.4, -0.2) is 27.5 Å². The van der Waals surface area contributed by atoms with Crippen molar-refractivity contribution in [1.82, 2.24) is 9.78 Å². The second kappa shape index (κ2) is 6.39. The lowest BCUT2D eigenvalue weighted by Gasteiger charge is -2.10. The van der Waals surface area contributed by atoms with Crippen LogP contribution in [0.4, 0.5) is 0 Å². The molecule has 1 heterocycles. The van der Waals surface area contributed by atoms with Gasteiger partial charge in [0.2, 0.25) is 0 Å². The van der Waals surface area contributed by atoms with Gasteiger partial charge < -0.3 is 10.8 Å². The third kappa shape index (κ3) is 3.30. The van der Waals surface area contributed by atoms with Gasteiger partial charge in [-0.15, -0.1) is 12.4 Å². The van der Waals surface area contributed by atoms with Crippen molar-refractivity contribution in [3.63, 3.8) is 0 Å². The maximum atomic E-state index is 8.94. The van der Waals surface area contributed by atoms with E-state index in [0.717, 1.165) is 11.4 Å². The Morgan fingerprint density at radius 2 is 1.94 bits per heavy atom. The molecule has 0 amide bonds. The van der Waals surface area contributed by atoms with E-state index in [1.807, 2.05) is 41.1 Å². The first-order valence-electron chi connectivity index (χ1n) is 5.26. The Hall–Kier alpha value is -1.36. The summed E-state index contributed by atoms with van der Waals surface area (Å²) in [5.41, 5.74) is 7.73. The van der Waals surface area contributed by atoms with E-state index in [1.165, 1.54) is 0 Å². The van der Waals surface area contributed by atoms with Crippen LogP contribution in [0.25, 0.3) is 5.69 Å². The highest BCUT2D eigenvalue weighted by Crippen LogP contribution is 2.10. The molecule has 2 aromatic rings. The van der Waals surface area contributed by atoms with Crippen LogP contribution < -0.4 is 5.73 Å². The highest BCUT2D eigenvalue weighted by molar-refractivity contribution is 5.85. The molecule has 0 aliphatic rings. The lowest BCUT2D eigenvalue weighted by molar-refractivity contribution is 0.264. The number of aliphatic hydroxyl groups excluding tert-OH is 1. The number of hydrogen-bond acceptors (Lipinski definition) is 3. The second-order valence-electron chi connectivity index (χ2n) is 3.72. The summed E-state index contributed by atoms with van der Waals surface area (Å²) in [5.74, 6) is 0. The van der Waals surface area contributed by atoms with E-state index >= 15 is 0 Å². The normalized spacial score (nSPS) is 11.9. The molecule has 1 aromatic carbocycles. The van der Waals surface area contributed by atoms with Gasteiger partial charge in [-0.1, -0.05) is 18.2 Å². The smallest absolute Gasteiger partial charge is 0.0648 e. The molecule has 92 valence electrons. The molecule has 1 unspecified atom stereocenters. The average Bonchev–Trinajstić information content (AvgIpc) is 2.78. The molecule has 4 nitrogen and oxygen atoms in total. The number of rotatable bonds is 4. The zero-order valence-electron chi connectivity index (χ0n) is 9.36. The standard InChI is InChI=1S/C12H15N3O.ClH/c13-10(9-16)8-12-6-7-14-15(12)11-4-2-1-3-5-11;/h1-7,10,16H,8-9,13H2;1H. The van der Waals surface area contributed by atoms with E-state index < -0.39 is 0 Å². The van der Waals surface area contributed by atoms with Gasteiger partial charge in [0.05, 0.1) is 12.3 Å². The third-order valence-electron chi connectivity index (χ3n) is 2.43. The molecular formula is C12H16ClN3O. The molecule has 0 spiro atoms. The summed E-state index contributed by atoms with van der Waals surface area (Å²) in [4.78, 5) is 0. The zero-order chi connectivity index (χ0) is 11.4. The average molecular weight is 254 g/mol. The Labute approximate surface area is 106 Å². The minimum absolute atomic E-state index is 0. The number of aliphatic hydroxyl groups is 1. The van der Waals surface area contributed by atoms with Gasteiger partial charge in [-0.05, 0) is 18.2 Å². The number of halogens is 1. The Morgan fingerprint density at radius 1 is 1.24 bits per heavy atom. The minimum atomic E-state index is -0.237. The molecule has 1 atom stereocenters. The first kappa shape index (κ1) is 13.7. The molecule has 0 bridgehead atoms. The molecule has 0 saturated carbocycles. The number of aromatic nitrogens is 2. The van der Waals surface area contributed by atoms with Crippen LogP contribution in [0.3, 0.4) is 0 Å². The van der Waals surface area contributed by atoms with E-state index in [-0.39, 0.29) is 25.1 Å². The fraction of sp³-hybridized carbons (Fsp3) is 0.250. The maximum Gasteiger partial charge on any atom is 0.0648 e. The summed E-state index contributed by atoms with van der Waals surface area (Å²) in [6.45, 7) is -0.0139. The topological polar surface area (TPSA) is 64.1 Å². The summed E-state index contributed by atoms with van der Waals surface area (Å²) in [5, 5.41) is 13.2. The summed E-state index contributed by atoms with van der Waals surface area (Å²) >= 11 is 0. The summed E-state index contributed by atoms with van der Waals surface area (Å²) in [6, 6.07) is 11.6. The van der Waals surface area contributed by atoms with E-state index in [1.54, 1.807) is 6.20 Å². The van der Waals surface area contributed by atoms with Crippen molar-refractivity contribution >= 4 is 12.4 Å². The lowest BCUT2D eigenvalue weighted by atomic mass is 10.2. The molecule has 1 aromatic heterocycles. The van der Waals surface area contributed by atoms with Gasteiger partial charge >= 0.3 is 0 Å². The van der Waals surface area contributed by atoms with E-state index in [9.17, 15) is 0 Å². The van der Waals surface area contributed by atoms with Crippen molar-refractivity contribution in [2.75, 3.05) is 6.61 Å². The predicted octanol–water partition coefficient (Wildman–Crippen LogP) is 1.16. The molecule has 0 radical (unpaired) electrons. The van der Waals surface area contributed by atoms with Crippen LogP contribution in [-0.2, 0) is 6.42 Å². The quantitative estimate of drug-likeness (QED) is 0.859. The number of nitrogens with zero attached hydrogens (tertiary/aromatic N) is 2. The van der Waals surface area contributed by atoms with Gasteiger partial charge in [-0.3, -0.25) is 0 Å².